The zero-order chi connectivity index (χ0) is 72.9. The summed E-state index contributed by atoms with van der Waals surface area (Å²) in [5.41, 5.74) is 30.9. The quantitative estimate of drug-likeness (QED) is 0.149. The van der Waals surface area contributed by atoms with Gasteiger partial charge in [0.25, 0.3) is 6.71 Å². The van der Waals surface area contributed by atoms with Crippen molar-refractivity contribution in [3.63, 3.8) is 0 Å². The highest BCUT2D eigenvalue weighted by Crippen LogP contribution is 2.56. The molecule has 0 atom stereocenters. The second kappa shape index (κ2) is 23.2. The maximum Gasteiger partial charge on any atom is 0.252 e. The molecule has 0 N–H and O–H groups in total. The molecule has 18 aromatic rings. The van der Waals surface area contributed by atoms with Crippen molar-refractivity contribution >= 4 is 145 Å². The molecule has 0 radical (unpaired) electrons. The van der Waals surface area contributed by atoms with Crippen LogP contribution in [0.5, 0.6) is 0 Å². The summed E-state index contributed by atoms with van der Waals surface area (Å²) in [6.07, 6.45) is 0. The van der Waals surface area contributed by atoms with Crippen LogP contribution in [0.3, 0.4) is 0 Å². The highest BCUT2D eigenvalue weighted by Gasteiger charge is 2.47. The van der Waals surface area contributed by atoms with Crippen LogP contribution < -0.4 is 26.2 Å². The molecular formula is C100H83BN4O2. The fourth-order valence-electron chi connectivity index (χ4n) is 17.9. The first-order valence-electron chi connectivity index (χ1n) is 37.9. The summed E-state index contributed by atoms with van der Waals surface area (Å²) in [6.45, 7) is 28.1. The Hall–Kier alpha value is -12.1. The van der Waals surface area contributed by atoms with E-state index in [1.807, 2.05) is 0 Å². The smallest absolute Gasteiger partial charge is 0.252 e. The Morgan fingerprint density at radius 1 is 0.252 bits per heavy atom. The lowest BCUT2D eigenvalue weighted by atomic mass is 9.33. The van der Waals surface area contributed by atoms with Gasteiger partial charge in [-0.25, -0.2) is 0 Å². The molecule has 0 amide bonds. The van der Waals surface area contributed by atoms with Crippen LogP contribution in [0.2, 0.25) is 0 Å². The summed E-state index contributed by atoms with van der Waals surface area (Å²) in [4.78, 5) is 5.42. The van der Waals surface area contributed by atoms with Crippen LogP contribution in [-0.2, 0) is 21.7 Å². The molecule has 0 saturated heterocycles. The predicted octanol–water partition coefficient (Wildman–Crippen LogP) is 26.0. The topological polar surface area (TPSA) is 42.6 Å². The van der Waals surface area contributed by atoms with E-state index in [2.05, 4.69) is 387 Å². The number of para-hydroxylation sites is 10. The van der Waals surface area contributed by atoms with Crippen molar-refractivity contribution in [2.75, 3.05) is 9.80 Å². The Kier molecular flexibility index (Phi) is 14.0. The molecule has 0 aliphatic carbocycles. The van der Waals surface area contributed by atoms with Gasteiger partial charge in [0.15, 0.2) is 0 Å². The van der Waals surface area contributed by atoms with Crippen LogP contribution >= 0.6 is 0 Å². The van der Waals surface area contributed by atoms with E-state index in [4.69, 9.17) is 8.83 Å². The van der Waals surface area contributed by atoms with E-state index in [0.717, 1.165) is 145 Å². The first kappa shape index (κ1) is 64.5. The minimum absolute atomic E-state index is 0.184. The first-order chi connectivity index (χ1) is 51.6. The van der Waals surface area contributed by atoms with Crippen LogP contribution in [0.15, 0.2) is 294 Å². The minimum Gasteiger partial charge on any atom is -0.455 e. The number of hydrogen-bond donors (Lipinski definition) is 0. The second-order valence-corrected chi connectivity index (χ2v) is 34.0. The average Bonchev–Trinajstić information content (AvgIpc) is 1.41. The van der Waals surface area contributed by atoms with Crippen molar-refractivity contribution < 1.29 is 8.83 Å². The Balaban J connectivity index is 1.01. The number of fused-ring (bicyclic) bond motifs is 16. The molecule has 4 aromatic heterocycles. The van der Waals surface area contributed by atoms with Crippen molar-refractivity contribution in [3.05, 3.63) is 307 Å². The Morgan fingerprint density at radius 2 is 0.579 bits per heavy atom. The van der Waals surface area contributed by atoms with Gasteiger partial charge >= 0.3 is 0 Å². The van der Waals surface area contributed by atoms with Gasteiger partial charge in [-0.05, 0) is 144 Å². The van der Waals surface area contributed by atoms with E-state index < -0.39 is 0 Å². The van der Waals surface area contributed by atoms with E-state index in [1.165, 1.54) is 60.2 Å². The van der Waals surface area contributed by atoms with Crippen molar-refractivity contribution in [1.29, 1.82) is 0 Å². The van der Waals surface area contributed by atoms with Gasteiger partial charge < -0.3 is 27.8 Å². The largest absolute Gasteiger partial charge is 0.455 e. The van der Waals surface area contributed by atoms with Gasteiger partial charge in [-0.3, -0.25) is 0 Å². The Morgan fingerprint density at radius 3 is 0.963 bits per heavy atom. The van der Waals surface area contributed by atoms with Gasteiger partial charge in [0.1, 0.15) is 22.3 Å². The van der Waals surface area contributed by atoms with E-state index in [-0.39, 0.29) is 28.4 Å². The normalized spacial score (nSPS) is 13.4. The van der Waals surface area contributed by atoms with E-state index in [0.29, 0.717) is 0 Å². The molecule has 2 aliphatic rings. The minimum atomic E-state index is -0.271. The predicted molar refractivity (Wildman–Crippen MR) is 455 cm³/mol. The summed E-state index contributed by atoms with van der Waals surface area (Å²) < 4.78 is 19.6. The summed E-state index contributed by atoms with van der Waals surface area (Å²) in [5, 5.41) is 9.10. The lowest BCUT2D eigenvalue weighted by molar-refractivity contribution is 0.569. The number of aromatic nitrogens is 2. The van der Waals surface area contributed by atoms with E-state index >= 15 is 0 Å². The second-order valence-electron chi connectivity index (χ2n) is 34.0. The third-order valence-corrected chi connectivity index (χ3v) is 23.3. The van der Waals surface area contributed by atoms with E-state index in [1.54, 1.807) is 0 Å². The fraction of sp³-hybridized carbons (Fsp3) is 0.160. The third-order valence-electron chi connectivity index (χ3n) is 23.3. The standard InChI is InChI=1S/C100H83BN4O2/c1-97(2,3)62-49-51-84-78(58-62)101-79-59-63(98(4,5)6)50-52-85(79)105(94-73(77-40-26-38-75-71-34-18-24-48-91(71)107-96(75)77)36-28-46-87(94)103-82-43-21-15-31-68(82)69-32-16-22-44-83(69)103)89-56-61(60-53-64(99(7,8)9)57-65(54-60)100(10,11)12)55-88(92(89)101)104(84)93-72(76-39-25-37-74-70-33-17-23-47-90(70)106-95(74)76)35-27-45-86(93)102-80-41-19-13-29-66(80)67-30-14-20-42-81(67)102/h13-59H,1-12H3. The third kappa shape index (κ3) is 9.85. The number of furan rings is 2. The van der Waals surface area contributed by atoms with Crippen LogP contribution in [0.4, 0.5) is 34.1 Å². The van der Waals surface area contributed by atoms with Gasteiger partial charge in [-0.1, -0.05) is 295 Å². The van der Waals surface area contributed by atoms with E-state index in [9.17, 15) is 0 Å². The molecule has 14 aromatic carbocycles. The van der Waals surface area contributed by atoms with Crippen molar-refractivity contribution in [1.82, 2.24) is 9.13 Å². The van der Waals surface area contributed by atoms with Gasteiger partial charge in [0.2, 0.25) is 0 Å². The zero-order valence-corrected chi connectivity index (χ0v) is 62.8. The zero-order valence-electron chi connectivity index (χ0n) is 62.8. The van der Waals surface area contributed by atoms with Crippen molar-refractivity contribution in [3.8, 4) is 44.8 Å². The molecule has 2 aliphatic heterocycles. The monoisotopic (exact) mass is 1380 g/mol. The molecule has 518 valence electrons. The molecule has 6 nitrogen and oxygen atoms in total. The van der Waals surface area contributed by atoms with Crippen LogP contribution in [-0.4, -0.2) is 15.8 Å². The molecule has 0 saturated carbocycles. The number of hydrogen-bond acceptors (Lipinski definition) is 4. The lowest BCUT2D eigenvalue weighted by Gasteiger charge is -2.46. The van der Waals surface area contributed by atoms with Gasteiger partial charge in [0, 0.05) is 88.1 Å². The molecule has 107 heavy (non-hydrogen) atoms. The van der Waals surface area contributed by atoms with Crippen LogP contribution in [0.25, 0.3) is 132 Å². The average molecular weight is 1380 g/mol. The SMILES string of the molecule is CC(C)(C)c1cc(-c2cc3c4c(c2)N(c2c(-c5cccc6c5oc5ccccc56)cccc2-n2c5ccccc5c5ccccc52)c2ccc(C(C)(C)C)cc2B4c2cc(C(C)(C)C)ccc2N3c2c(-c3cccc4c3oc3ccccc34)cccc2-n2c3ccccc3c3ccccc32)cc(C(C)(C)C)c1. The molecule has 20 rings (SSSR count). The Bertz CT molecular complexity index is 6280. The fourth-order valence-corrected chi connectivity index (χ4v) is 17.9. The van der Waals surface area contributed by atoms with Gasteiger partial charge in [0.05, 0.1) is 44.8 Å². The summed E-state index contributed by atoms with van der Waals surface area (Å²) in [5.74, 6) is 0. The molecule has 0 spiro atoms. The number of benzene rings is 14. The molecular weight excluding hydrogens is 1300 g/mol. The number of nitrogens with zero attached hydrogens (tertiary/aromatic N) is 4. The van der Waals surface area contributed by atoms with Gasteiger partial charge in [-0.2, -0.15) is 0 Å². The van der Waals surface area contributed by atoms with Crippen LogP contribution in [0.1, 0.15) is 105 Å². The highest BCUT2D eigenvalue weighted by molar-refractivity contribution is 7.00. The maximum atomic E-state index is 7.25. The maximum absolute atomic E-state index is 7.25. The van der Waals surface area contributed by atoms with Crippen molar-refractivity contribution in [2.45, 2.75) is 105 Å². The summed E-state index contributed by atoms with van der Waals surface area (Å²) >= 11 is 0. The molecule has 0 unspecified atom stereocenters. The van der Waals surface area contributed by atoms with Crippen molar-refractivity contribution in [2.24, 2.45) is 0 Å². The molecule has 0 bridgehead atoms. The Labute approximate surface area is 625 Å². The number of anilines is 6. The lowest BCUT2D eigenvalue weighted by Crippen LogP contribution is -2.62. The molecule has 7 heteroatoms. The first-order valence-corrected chi connectivity index (χ1v) is 37.9. The number of rotatable bonds is 7. The highest BCUT2D eigenvalue weighted by atomic mass is 16.3. The van der Waals surface area contributed by atoms with Gasteiger partial charge in [-0.15, -0.1) is 0 Å². The molecule has 0 fully saturated rings. The summed E-state index contributed by atoms with van der Waals surface area (Å²) in [6, 6.07) is 108. The molecule has 6 heterocycles. The van der Waals surface area contributed by atoms with Crippen LogP contribution in [0, 0.1) is 0 Å². The summed E-state index contributed by atoms with van der Waals surface area (Å²) in [7, 11) is 0.